The van der Waals surface area contributed by atoms with Crippen molar-refractivity contribution in [1.82, 2.24) is 53.1 Å². The van der Waals surface area contributed by atoms with Crippen LogP contribution in [-0.4, -0.2) is 53.1 Å². The molecule has 0 spiro atoms. The van der Waals surface area contributed by atoms with Crippen LogP contribution in [-0.2, 0) is 0 Å². The summed E-state index contributed by atoms with van der Waals surface area (Å²) in [5, 5.41) is 30.8. The van der Waals surface area contributed by atoms with Gasteiger partial charge < -0.3 is 0 Å². The molecule has 0 radical (unpaired) electrons. The van der Waals surface area contributed by atoms with Crippen LogP contribution in [0.5, 0.6) is 0 Å². The van der Waals surface area contributed by atoms with Crippen LogP contribution in [0.25, 0.3) is 169 Å². The van der Waals surface area contributed by atoms with E-state index in [0.717, 1.165) is 88.2 Å². The second kappa shape index (κ2) is 32.7. The molecule has 0 bridgehead atoms. The largest absolute Gasteiger partial charge is 0.292 e. The van der Waals surface area contributed by atoms with Gasteiger partial charge >= 0.3 is 0 Å². The molecule has 125 heavy (non-hydrogen) atoms. The summed E-state index contributed by atoms with van der Waals surface area (Å²) in [5.41, 5.74) is 15.6. The van der Waals surface area contributed by atoms with E-state index in [1.807, 2.05) is 36.9 Å². The molecule has 9 heterocycles. The number of hydrogen-bond acceptors (Lipinski definition) is 8. The van der Waals surface area contributed by atoms with Crippen molar-refractivity contribution in [2.75, 3.05) is 0 Å². The highest BCUT2D eigenvalue weighted by atomic mass is 32.1. The van der Waals surface area contributed by atoms with Gasteiger partial charge in [0.2, 0.25) is 0 Å². The van der Waals surface area contributed by atoms with Gasteiger partial charge in [-0.05, 0) is 198 Å². The Bertz CT molecular complexity index is 8440. The minimum atomic E-state index is -0.962. The van der Waals surface area contributed by atoms with Crippen LogP contribution in [0.2, 0.25) is 0 Å². The van der Waals surface area contributed by atoms with Gasteiger partial charge in [-0.3, -0.25) is 18.2 Å². The predicted octanol–water partition coefficient (Wildman–Crippen LogP) is 22.7. The van der Waals surface area contributed by atoms with E-state index in [-0.39, 0.29) is 40.5 Å². The first-order valence-electron chi connectivity index (χ1n) is 40.8. The summed E-state index contributed by atoms with van der Waals surface area (Å²) in [6, 6.07) is 137. The molecule has 0 amide bonds. The Morgan fingerprint density at radius 3 is 1.09 bits per heavy atom. The summed E-state index contributed by atoms with van der Waals surface area (Å²) in [6.07, 6.45) is 9.15. The minimum Gasteiger partial charge on any atom is -0.292 e. The molecule has 0 aliphatic carbocycles. The standard InChI is InChI=1S/C43H27N2P.C33H21N4P.C32H20N5P.3H2S/c1-2-11-31-25-32(21-19-28(31)9-1)46(33-22-20-30-18-17-29-10-3-4-12-35(29)39(30)26-33)34-23-24-42-40(27-34)44-43-38-15-6-5-13-36(38)37-14-7-8-16-41(37)45(42)43;1-2-11-23(12-3-1)38(33-34-21-22-10-4-8-16-28(22)36-33)24-18-19-31-29(20-24)35-32-27-15-6-5-13-25(27)26-14-7-9-17-30(26)37(31)32;1-2-7-27-25(5-1)26-6-3-4-8-30(26)37-31-12-11-24(18-29(31)36-32(27)37)38(22-13-15-33-16-14-22)23-10-9-21-19-34-20-35-28(21)17-23;;;/h1-27H;1-21H;1-20H;3*1H2. The maximum Gasteiger partial charge on any atom is 0.160 e. The van der Waals surface area contributed by atoms with Crippen LogP contribution in [0.3, 0.4) is 0 Å². The number of imidazole rings is 3. The van der Waals surface area contributed by atoms with Gasteiger partial charge in [-0.2, -0.15) is 40.5 Å². The summed E-state index contributed by atoms with van der Waals surface area (Å²) in [4.78, 5) is 38.6. The number of benzene rings is 17. The molecule has 17 aromatic carbocycles. The average Bonchev–Trinajstić information content (AvgIpc) is 1.60. The highest BCUT2D eigenvalue weighted by Crippen LogP contribution is 2.43. The molecule has 26 rings (SSSR count). The van der Waals surface area contributed by atoms with Crippen molar-refractivity contribution in [3.63, 3.8) is 0 Å². The van der Waals surface area contributed by atoms with E-state index < -0.39 is 23.8 Å². The Labute approximate surface area is 742 Å². The molecular formula is C108H74N11P3S3. The van der Waals surface area contributed by atoms with Crippen molar-refractivity contribution >= 4 is 281 Å². The maximum atomic E-state index is 5.34. The molecule has 594 valence electrons. The third-order valence-corrected chi connectivity index (χ3v) is 30.9. The van der Waals surface area contributed by atoms with Gasteiger partial charge in [0.25, 0.3) is 0 Å². The lowest BCUT2D eigenvalue weighted by atomic mass is 10.0. The van der Waals surface area contributed by atoms with Crippen molar-refractivity contribution in [3.8, 4) is 0 Å². The third kappa shape index (κ3) is 13.6. The van der Waals surface area contributed by atoms with E-state index >= 15 is 0 Å². The van der Waals surface area contributed by atoms with Gasteiger partial charge in [0.1, 0.15) is 23.3 Å². The van der Waals surface area contributed by atoms with Crippen LogP contribution < -0.4 is 48.0 Å². The van der Waals surface area contributed by atoms with Gasteiger partial charge in [-0.1, -0.05) is 291 Å². The van der Waals surface area contributed by atoms with Gasteiger partial charge in [-0.25, -0.2) is 34.9 Å². The third-order valence-electron chi connectivity index (χ3n) is 23.8. The summed E-state index contributed by atoms with van der Waals surface area (Å²) in [7, 11) is -2.67. The lowest BCUT2D eigenvalue weighted by Crippen LogP contribution is -2.25. The number of pyridine rings is 4. The van der Waals surface area contributed by atoms with Crippen LogP contribution in [0.4, 0.5) is 0 Å². The van der Waals surface area contributed by atoms with Gasteiger partial charge in [0.15, 0.2) is 5.57 Å². The molecule has 3 atom stereocenters. The van der Waals surface area contributed by atoms with Crippen molar-refractivity contribution < 1.29 is 0 Å². The first-order valence-corrected chi connectivity index (χ1v) is 44.9. The normalized spacial score (nSPS) is 12.4. The molecule has 0 aliphatic rings. The second-order valence-electron chi connectivity index (χ2n) is 30.8. The van der Waals surface area contributed by atoms with Crippen LogP contribution >= 0.6 is 64.3 Å². The first kappa shape index (κ1) is 78.4. The number of hydrogen-bond donors (Lipinski definition) is 0. The quantitative estimate of drug-likeness (QED) is 0.104. The molecule has 0 N–H and O–H groups in total. The number of rotatable bonds is 9. The molecule has 26 aromatic rings. The Morgan fingerprint density at radius 2 is 0.552 bits per heavy atom. The number of aromatic nitrogens is 11. The molecule has 0 aliphatic heterocycles. The lowest BCUT2D eigenvalue weighted by molar-refractivity contribution is 1.22. The SMILES string of the molecule is S.S.S.c1ccc(P(c2ccc3c(c2)nc2c4ccccc4c4ccccc4n32)c2ncc3ccccc3n2)cc1.c1ccc2c(c1)c1ccccc1n1c3ccc(P(c4ccncc4)c4ccc5cncnc5c4)cc3nc21.c1ccc2cc(P(c3ccc4c(c3)nc3c5ccccc5c5ccccc5n43)c3ccc4ccc5ccccc5c4c3)ccc2c1. The fourth-order valence-electron chi connectivity index (χ4n) is 18.3. The molecular weight excluding hydrogens is 1640 g/mol. The average molecular weight is 1710 g/mol. The number of para-hydroxylation sites is 4. The Kier molecular flexibility index (Phi) is 20.5. The second-order valence-corrected chi connectivity index (χ2v) is 37.3. The Morgan fingerprint density at radius 1 is 0.192 bits per heavy atom. The molecule has 9 aromatic heterocycles. The van der Waals surface area contributed by atoms with Gasteiger partial charge in [0.05, 0.1) is 60.7 Å². The van der Waals surface area contributed by atoms with Crippen LogP contribution in [0.1, 0.15) is 0 Å². The topological polar surface area (TPSA) is 116 Å². The summed E-state index contributed by atoms with van der Waals surface area (Å²) < 4.78 is 6.95. The fourth-order valence-corrected chi connectivity index (χ4v) is 25.0. The first-order chi connectivity index (χ1) is 60.5. The molecule has 3 unspecified atom stereocenters. The summed E-state index contributed by atoms with van der Waals surface area (Å²) >= 11 is 0. The van der Waals surface area contributed by atoms with E-state index in [2.05, 4.69) is 398 Å². The monoisotopic (exact) mass is 1710 g/mol. The zero-order chi connectivity index (χ0) is 80.3. The van der Waals surface area contributed by atoms with Crippen molar-refractivity contribution in [1.29, 1.82) is 0 Å². The van der Waals surface area contributed by atoms with Crippen molar-refractivity contribution in [2.24, 2.45) is 0 Å². The molecule has 0 saturated carbocycles. The van der Waals surface area contributed by atoms with Gasteiger partial charge in [0, 0.05) is 75.8 Å². The number of fused-ring (bicyclic) bond motifs is 30. The van der Waals surface area contributed by atoms with E-state index in [0.29, 0.717) is 0 Å². The van der Waals surface area contributed by atoms with E-state index in [4.69, 9.17) is 24.9 Å². The minimum absolute atomic E-state index is 0. The van der Waals surface area contributed by atoms with Crippen LogP contribution in [0, 0.1) is 0 Å². The smallest absolute Gasteiger partial charge is 0.160 e. The van der Waals surface area contributed by atoms with E-state index in [9.17, 15) is 0 Å². The maximum absolute atomic E-state index is 5.34. The predicted molar refractivity (Wildman–Crippen MR) is 547 cm³/mol. The zero-order valence-corrected chi connectivity index (χ0v) is 72.7. The fraction of sp³-hybridized carbons (Fsp3) is 0. The van der Waals surface area contributed by atoms with Crippen LogP contribution in [0.15, 0.2) is 413 Å². The van der Waals surface area contributed by atoms with Crippen molar-refractivity contribution in [2.45, 2.75) is 0 Å². The highest BCUT2D eigenvalue weighted by Gasteiger charge is 2.26. The van der Waals surface area contributed by atoms with E-state index in [1.165, 1.54) is 129 Å². The molecule has 11 nitrogen and oxygen atoms in total. The number of nitrogens with zero attached hydrogens (tertiary/aromatic N) is 11. The molecule has 17 heteroatoms. The molecule has 0 fully saturated rings. The van der Waals surface area contributed by atoms with Crippen molar-refractivity contribution in [3.05, 3.63) is 413 Å². The summed E-state index contributed by atoms with van der Waals surface area (Å²) in [5.74, 6) is 0. The Hall–Kier alpha value is -13.9. The Balaban J connectivity index is 0.000000114. The zero-order valence-electron chi connectivity index (χ0n) is 67.0. The highest BCUT2D eigenvalue weighted by molar-refractivity contribution is 7.80. The van der Waals surface area contributed by atoms with Gasteiger partial charge in [-0.15, -0.1) is 0 Å². The van der Waals surface area contributed by atoms with E-state index in [1.54, 1.807) is 6.33 Å². The lowest BCUT2D eigenvalue weighted by Gasteiger charge is -2.21. The molecule has 0 saturated heterocycles. The summed E-state index contributed by atoms with van der Waals surface area (Å²) in [6.45, 7) is 0.